The number of carbonyl (C=O) groups is 1. The molecule has 27 heavy (non-hydrogen) atoms. The van der Waals surface area contributed by atoms with E-state index in [1.165, 1.54) is 0 Å². The van der Waals surface area contributed by atoms with E-state index < -0.39 is 0 Å². The molecule has 1 aliphatic rings. The molecule has 0 N–H and O–H groups in total. The molecule has 7 heteroatoms. The fourth-order valence-corrected chi connectivity index (χ4v) is 3.14. The maximum atomic E-state index is 11.5. The van der Waals surface area contributed by atoms with Gasteiger partial charge in [-0.2, -0.15) is 4.98 Å². The molecule has 138 valence electrons. The van der Waals surface area contributed by atoms with Crippen molar-refractivity contribution in [3.63, 3.8) is 0 Å². The third-order valence-corrected chi connectivity index (χ3v) is 4.65. The lowest BCUT2D eigenvalue weighted by Gasteiger charge is -2.11. The molecule has 1 fully saturated rings. The molecule has 2 aromatic heterocycles. The summed E-state index contributed by atoms with van der Waals surface area (Å²) in [6.45, 7) is 3.39. The van der Waals surface area contributed by atoms with E-state index in [4.69, 9.17) is 9.26 Å². The number of aromatic nitrogens is 3. The summed E-state index contributed by atoms with van der Waals surface area (Å²) in [7, 11) is 0. The number of benzene rings is 1. The molecule has 0 aliphatic carbocycles. The molecule has 7 nitrogen and oxygen atoms in total. The highest BCUT2D eigenvalue weighted by molar-refractivity contribution is 5.73. The van der Waals surface area contributed by atoms with Crippen molar-refractivity contribution in [1.82, 2.24) is 20.0 Å². The Bertz CT molecular complexity index is 926. The lowest BCUT2D eigenvalue weighted by atomic mass is 10.1. The van der Waals surface area contributed by atoms with E-state index >= 15 is 0 Å². The van der Waals surface area contributed by atoms with Gasteiger partial charge in [0.15, 0.2) is 0 Å². The zero-order chi connectivity index (χ0) is 18.6. The second-order valence-electron chi connectivity index (χ2n) is 6.58. The summed E-state index contributed by atoms with van der Waals surface area (Å²) in [5.41, 5.74) is 1.83. The summed E-state index contributed by atoms with van der Waals surface area (Å²) in [5.74, 6) is 2.01. The first-order valence-electron chi connectivity index (χ1n) is 8.90. The number of ether oxygens (including phenoxy) is 1. The number of nitrogens with zero attached hydrogens (tertiary/aromatic N) is 4. The van der Waals surface area contributed by atoms with Crippen LogP contribution in [-0.4, -0.2) is 39.0 Å². The van der Waals surface area contributed by atoms with Crippen LogP contribution in [0.1, 0.15) is 30.7 Å². The Balaban J connectivity index is 1.45. The molecule has 1 amide bonds. The van der Waals surface area contributed by atoms with Crippen LogP contribution >= 0.6 is 0 Å². The first kappa shape index (κ1) is 17.2. The minimum absolute atomic E-state index is 0.0794. The first-order valence-corrected chi connectivity index (χ1v) is 8.90. The second-order valence-corrected chi connectivity index (χ2v) is 6.58. The average Bonchev–Trinajstić information content (AvgIpc) is 3.37. The minimum atomic E-state index is 0.0794. The Kier molecular flexibility index (Phi) is 4.82. The summed E-state index contributed by atoms with van der Waals surface area (Å²) in [5, 5.41) is 4.11. The lowest BCUT2D eigenvalue weighted by molar-refractivity contribution is -0.127. The number of pyridine rings is 1. The molecule has 0 spiro atoms. The van der Waals surface area contributed by atoms with Crippen molar-refractivity contribution in [1.29, 1.82) is 0 Å². The summed E-state index contributed by atoms with van der Waals surface area (Å²) in [4.78, 5) is 21.9. The Morgan fingerprint density at radius 2 is 2.26 bits per heavy atom. The molecule has 1 aliphatic heterocycles. The highest BCUT2D eigenvalue weighted by Crippen LogP contribution is 2.28. The van der Waals surface area contributed by atoms with Crippen molar-refractivity contribution in [3.8, 4) is 17.1 Å². The highest BCUT2D eigenvalue weighted by Gasteiger charge is 2.29. The van der Waals surface area contributed by atoms with Gasteiger partial charge in [0.2, 0.25) is 17.6 Å². The van der Waals surface area contributed by atoms with Gasteiger partial charge in [-0.3, -0.25) is 9.78 Å². The van der Waals surface area contributed by atoms with E-state index in [1.54, 1.807) is 24.2 Å². The quantitative estimate of drug-likeness (QED) is 0.692. The Morgan fingerprint density at radius 3 is 3.04 bits per heavy atom. The molecule has 1 unspecified atom stereocenters. The normalized spacial score (nSPS) is 16.5. The fraction of sp³-hybridized carbons (Fsp3) is 0.300. The highest BCUT2D eigenvalue weighted by atomic mass is 16.5. The third kappa shape index (κ3) is 3.97. The topological polar surface area (TPSA) is 81.4 Å². The third-order valence-electron chi connectivity index (χ3n) is 4.65. The Labute approximate surface area is 157 Å². The van der Waals surface area contributed by atoms with Crippen molar-refractivity contribution >= 4 is 5.91 Å². The van der Waals surface area contributed by atoms with E-state index in [2.05, 4.69) is 15.1 Å². The van der Waals surface area contributed by atoms with Crippen LogP contribution in [0.3, 0.4) is 0 Å². The van der Waals surface area contributed by atoms with Gasteiger partial charge in [-0.05, 0) is 24.6 Å². The number of rotatable bonds is 5. The lowest BCUT2D eigenvalue weighted by Crippen LogP contribution is -2.25. The van der Waals surface area contributed by atoms with Crippen molar-refractivity contribution in [2.24, 2.45) is 0 Å². The average molecular weight is 364 g/mol. The maximum absolute atomic E-state index is 11.5. The van der Waals surface area contributed by atoms with Crippen molar-refractivity contribution in [2.45, 2.75) is 25.9 Å². The second kappa shape index (κ2) is 7.57. The van der Waals surface area contributed by atoms with Gasteiger partial charge in [-0.25, -0.2) is 0 Å². The van der Waals surface area contributed by atoms with Gasteiger partial charge >= 0.3 is 0 Å². The Hall–Kier alpha value is -3.22. The van der Waals surface area contributed by atoms with E-state index in [-0.39, 0.29) is 11.8 Å². The fourth-order valence-electron chi connectivity index (χ4n) is 3.14. The zero-order valence-corrected chi connectivity index (χ0v) is 15.0. The van der Waals surface area contributed by atoms with Gasteiger partial charge in [0.1, 0.15) is 12.4 Å². The summed E-state index contributed by atoms with van der Waals surface area (Å²) in [6.07, 6.45) is 4.36. The zero-order valence-electron chi connectivity index (χ0n) is 15.0. The minimum Gasteiger partial charge on any atom is -0.489 e. The molecule has 1 atom stereocenters. The van der Waals surface area contributed by atoms with E-state index in [0.717, 1.165) is 29.8 Å². The van der Waals surface area contributed by atoms with E-state index in [0.29, 0.717) is 24.9 Å². The summed E-state index contributed by atoms with van der Waals surface area (Å²) < 4.78 is 11.3. The molecule has 1 saturated heterocycles. The van der Waals surface area contributed by atoms with E-state index in [9.17, 15) is 4.79 Å². The summed E-state index contributed by atoms with van der Waals surface area (Å²) >= 11 is 0. The van der Waals surface area contributed by atoms with Crippen LogP contribution in [0.15, 0.2) is 53.3 Å². The van der Waals surface area contributed by atoms with Gasteiger partial charge in [0.05, 0.1) is 5.92 Å². The molecule has 0 saturated carbocycles. The molecule has 0 bridgehead atoms. The van der Waals surface area contributed by atoms with Crippen molar-refractivity contribution in [3.05, 3.63) is 60.2 Å². The molecular formula is C20H20N4O3. The standard InChI is InChI=1S/C20H20N4O3/c1-14(25)24-9-7-17(12-24)20-22-19(23-27-20)16-5-2-6-18(10-16)26-13-15-4-3-8-21-11-15/h2-6,8,10-11,17H,7,9,12-13H2,1H3. The van der Waals surface area contributed by atoms with Crippen LogP contribution in [0.25, 0.3) is 11.4 Å². The van der Waals surface area contributed by atoms with Crippen LogP contribution < -0.4 is 4.74 Å². The summed E-state index contributed by atoms with van der Waals surface area (Å²) in [6, 6.07) is 11.4. The van der Waals surface area contributed by atoms with Crippen molar-refractivity contribution < 1.29 is 14.1 Å². The van der Waals surface area contributed by atoms with Crippen LogP contribution in [-0.2, 0) is 11.4 Å². The number of hydrogen-bond donors (Lipinski definition) is 0. The predicted molar refractivity (Wildman–Crippen MR) is 97.9 cm³/mol. The largest absolute Gasteiger partial charge is 0.489 e. The monoisotopic (exact) mass is 364 g/mol. The van der Waals surface area contributed by atoms with Gasteiger partial charge < -0.3 is 14.2 Å². The van der Waals surface area contributed by atoms with Crippen molar-refractivity contribution in [2.75, 3.05) is 13.1 Å². The van der Waals surface area contributed by atoms with Gasteiger partial charge in [-0.1, -0.05) is 23.4 Å². The molecule has 0 radical (unpaired) electrons. The predicted octanol–water partition coefficient (Wildman–Crippen LogP) is 3.05. The molecule has 3 aromatic rings. The van der Waals surface area contributed by atoms with Gasteiger partial charge in [0.25, 0.3) is 0 Å². The first-order chi connectivity index (χ1) is 13.2. The maximum Gasteiger partial charge on any atom is 0.231 e. The molecule has 3 heterocycles. The number of carbonyl (C=O) groups excluding carboxylic acids is 1. The number of hydrogen-bond acceptors (Lipinski definition) is 6. The van der Waals surface area contributed by atoms with Crippen LogP contribution in [0.5, 0.6) is 5.75 Å². The molecule has 1 aromatic carbocycles. The Morgan fingerprint density at radius 1 is 1.33 bits per heavy atom. The van der Waals surface area contributed by atoms with Crippen LogP contribution in [0.2, 0.25) is 0 Å². The van der Waals surface area contributed by atoms with Gasteiger partial charge in [-0.15, -0.1) is 0 Å². The smallest absolute Gasteiger partial charge is 0.231 e. The SMILES string of the molecule is CC(=O)N1CCC(c2nc(-c3cccc(OCc4cccnc4)c3)no2)C1. The molecular weight excluding hydrogens is 344 g/mol. The van der Waals surface area contributed by atoms with Gasteiger partial charge in [0, 0.05) is 43.5 Å². The molecule has 4 rings (SSSR count). The van der Waals surface area contributed by atoms with Crippen LogP contribution in [0.4, 0.5) is 0 Å². The van der Waals surface area contributed by atoms with E-state index in [1.807, 2.05) is 36.4 Å². The van der Waals surface area contributed by atoms with Crippen LogP contribution in [0, 0.1) is 0 Å². The number of amides is 1. The number of likely N-dealkylation sites (tertiary alicyclic amines) is 1.